The lowest BCUT2D eigenvalue weighted by molar-refractivity contribution is -0.138. The fourth-order valence-corrected chi connectivity index (χ4v) is 3.85. The van der Waals surface area contributed by atoms with Crippen molar-refractivity contribution in [3.05, 3.63) is 46.9 Å². The minimum Gasteiger partial charge on any atom is -0.336 e. The summed E-state index contributed by atoms with van der Waals surface area (Å²) in [6.45, 7) is 4.00. The second-order valence-electron chi connectivity index (χ2n) is 7.11. The quantitative estimate of drug-likeness (QED) is 0.705. The number of aromatic nitrogens is 5. The van der Waals surface area contributed by atoms with E-state index in [4.69, 9.17) is 0 Å². The topological polar surface area (TPSA) is 85.9 Å². The molecule has 0 N–H and O–H groups in total. The Morgan fingerprint density at radius 2 is 1.85 bits per heavy atom. The Bertz CT molecular complexity index is 1020. The molecule has 1 aliphatic heterocycles. The Morgan fingerprint density at radius 1 is 1.15 bits per heavy atom. The van der Waals surface area contributed by atoms with E-state index in [1.807, 2.05) is 35.2 Å². The third-order valence-electron chi connectivity index (χ3n) is 5.22. The van der Waals surface area contributed by atoms with E-state index in [9.17, 15) is 9.59 Å². The lowest BCUT2D eigenvalue weighted by atomic mass is 9.97. The highest BCUT2D eigenvalue weighted by Crippen LogP contribution is 2.22. The van der Waals surface area contributed by atoms with Crippen molar-refractivity contribution in [2.75, 3.05) is 0 Å². The molecule has 0 spiro atoms. The Balaban J connectivity index is 1.65. The van der Waals surface area contributed by atoms with Gasteiger partial charge in [0.2, 0.25) is 5.91 Å². The van der Waals surface area contributed by atoms with E-state index in [1.54, 1.807) is 4.68 Å². The van der Waals surface area contributed by atoms with Crippen molar-refractivity contribution in [2.45, 2.75) is 51.7 Å². The number of fused-ring (bicyclic) bond motifs is 1. The largest absolute Gasteiger partial charge is 0.336 e. The average molecular weight is 366 g/mol. The monoisotopic (exact) mass is 366 g/mol. The SMILES string of the molecule is CC1CCCC(C)N1C(=O)Cn1nnc2c(cnn2-c2ccccc2)c1=O. The summed E-state index contributed by atoms with van der Waals surface area (Å²) < 4.78 is 2.71. The standard InChI is InChI=1S/C19H22N6O2/c1-13-7-6-8-14(2)24(13)17(26)12-23-19(27)16-11-20-25(18(16)21-22-23)15-9-4-3-5-10-15/h3-5,9-11,13-14H,6-8,12H2,1-2H3. The predicted molar refractivity (Wildman–Crippen MR) is 101 cm³/mol. The van der Waals surface area contributed by atoms with Crippen LogP contribution in [0.2, 0.25) is 0 Å². The molecule has 0 radical (unpaired) electrons. The zero-order chi connectivity index (χ0) is 19.0. The van der Waals surface area contributed by atoms with Crippen LogP contribution in [-0.4, -0.2) is 47.7 Å². The van der Waals surface area contributed by atoms with E-state index in [0.717, 1.165) is 29.6 Å². The highest BCUT2D eigenvalue weighted by molar-refractivity contribution is 5.78. The summed E-state index contributed by atoms with van der Waals surface area (Å²) in [4.78, 5) is 27.4. The molecule has 140 valence electrons. The molecule has 2 aromatic heterocycles. The number of amides is 1. The van der Waals surface area contributed by atoms with Gasteiger partial charge in [-0.25, -0.2) is 9.36 Å². The first-order chi connectivity index (χ1) is 13.1. The second kappa shape index (κ2) is 6.94. The zero-order valence-corrected chi connectivity index (χ0v) is 15.4. The van der Waals surface area contributed by atoms with E-state index in [0.29, 0.717) is 11.0 Å². The lowest BCUT2D eigenvalue weighted by Gasteiger charge is -2.39. The molecule has 4 rings (SSSR count). The van der Waals surface area contributed by atoms with Crippen molar-refractivity contribution in [3.8, 4) is 5.69 Å². The Morgan fingerprint density at radius 3 is 2.56 bits per heavy atom. The van der Waals surface area contributed by atoms with Crippen molar-refractivity contribution in [1.29, 1.82) is 0 Å². The van der Waals surface area contributed by atoms with Crippen LogP contribution in [0.5, 0.6) is 0 Å². The Labute approximate surface area is 156 Å². The third-order valence-corrected chi connectivity index (χ3v) is 5.22. The van der Waals surface area contributed by atoms with E-state index >= 15 is 0 Å². The van der Waals surface area contributed by atoms with Crippen molar-refractivity contribution in [1.82, 2.24) is 29.7 Å². The maximum atomic E-state index is 12.8. The first kappa shape index (κ1) is 17.4. The molecule has 8 heteroatoms. The molecule has 3 heterocycles. The first-order valence-electron chi connectivity index (χ1n) is 9.24. The highest BCUT2D eigenvalue weighted by Gasteiger charge is 2.29. The van der Waals surface area contributed by atoms with Gasteiger partial charge in [-0.15, -0.1) is 5.10 Å². The molecule has 2 unspecified atom stereocenters. The highest BCUT2D eigenvalue weighted by atomic mass is 16.2. The summed E-state index contributed by atoms with van der Waals surface area (Å²) in [7, 11) is 0. The molecule has 1 amide bonds. The van der Waals surface area contributed by atoms with Crippen LogP contribution in [0, 0.1) is 0 Å². The molecule has 0 saturated carbocycles. The molecule has 0 aliphatic carbocycles. The number of nitrogens with zero attached hydrogens (tertiary/aromatic N) is 6. The van der Waals surface area contributed by atoms with Crippen molar-refractivity contribution in [3.63, 3.8) is 0 Å². The molecule has 0 bridgehead atoms. The van der Waals surface area contributed by atoms with E-state index in [-0.39, 0.29) is 30.1 Å². The molecule has 8 nitrogen and oxygen atoms in total. The Kier molecular flexibility index (Phi) is 4.47. The summed E-state index contributed by atoms with van der Waals surface area (Å²) in [5.41, 5.74) is 0.827. The first-order valence-corrected chi connectivity index (χ1v) is 9.24. The molecule has 1 aromatic carbocycles. The van der Waals surface area contributed by atoms with Gasteiger partial charge in [0.15, 0.2) is 5.65 Å². The molecule has 2 atom stereocenters. The maximum absolute atomic E-state index is 12.8. The van der Waals surface area contributed by atoms with Crippen LogP contribution in [-0.2, 0) is 11.3 Å². The van der Waals surface area contributed by atoms with Gasteiger partial charge in [-0.2, -0.15) is 5.10 Å². The van der Waals surface area contributed by atoms with Gasteiger partial charge in [0.25, 0.3) is 5.56 Å². The third kappa shape index (κ3) is 3.11. The number of hydrogen-bond acceptors (Lipinski definition) is 5. The number of benzene rings is 1. The van der Waals surface area contributed by atoms with Crippen LogP contribution in [0.25, 0.3) is 16.7 Å². The number of carbonyl (C=O) groups is 1. The number of rotatable bonds is 3. The summed E-state index contributed by atoms with van der Waals surface area (Å²) >= 11 is 0. The molecule has 1 saturated heterocycles. The van der Waals surface area contributed by atoms with Crippen LogP contribution in [0.15, 0.2) is 41.3 Å². The fraction of sp³-hybridized carbons (Fsp3) is 0.421. The van der Waals surface area contributed by atoms with Crippen LogP contribution in [0.3, 0.4) is 0 Å². The van der Waals surface area contributed by atoms with Gasteiger partial charge < -0.3 is 4.90 Å². The minimum absolute atomic E-state index is 0.0964. The van der Waals surface area contributed by atoms with Gasteiger partial charge >= 0.3 is 0 Å². The number of hydrogen-bond donors (Lipinski definition) is 0. The lowest BCUT2D eigenvalue weighted by Crippen LogP contribution is -2.49. The number of likely N-dealkylation sites (tertiary alicyclic amines) is 1. The molecular weight excluding hydrogens is 344 g/mol. The second-order valence-corrected chi connectivity index (χ2v) is 7.11. The van der Waals surface area contributed by atoms with Gasteiger partial charge in [-0.1, -0.05) is 23.4 Å². The molecular formula is C19H22N6O2. The summed E-state index contributed by atoms with van der Waals surface area (Å²) in [5, 5.41) is 12.8. The van der Waals surface area contributed by atoms with Crippen molar-refractivity contribution in [2.24, 2.45) is 0 Å². The maximum Gasteiger partial charge on any atom is 0.281 e. The number of carbonyl (C=O) groups excluding carboxylic acids is 1. The normalized spacial score (nSPS) is 20.1. The summed E-state index contributed by atoms with van der Waals surface area (Å²) in [5.74, 6) is -0.0964. The van der Waals surface area contributed by atoms with E-state index in [1.165, 1.54) is 6.20 Å². The van der Waals surface area contributed by atoms with Crippen molar-refractivity contribution >= 4 is 16.9 Å². The van der Waals surface area contributed by atoms with Gasteiger partial charge in [0, 0.05) is 12.1 Å². The predicted octanol–water partition coefficient (Wildman–Crippen LogP) is 1.77. The number of piperidine rings is 1. The average Bonchev–Trinajstić information content (AvgIpc) is 3.09. The Hall–Kier alpha value is -3.03. The van der Waals surface area contributed by atoms with E-state index < -0.39 is 0 Å². The van der Waals surface area contributed by atoms with Crippen LogP contribution in [0.1, 0.15) is 33.1 Å². The van der Waals surface area contributed by atoms with Gasteiger partial charge in [0.05, 0.1) is 11.9 Å². The summed E-state index contributed by atoms with van der Waals surface area (Å²) in [6.07, 6.45) is 4.57. The molecule has 27 heavy (non-hydrogen) atoms. The van der Waals surface area contributed by atoms with Gasteiger partial charge in [-0.3, -0.25) is 9.59 Å². The number of para-hydroxylation sites is 1. The zero-order valence-electron chi connectivity index (χ0n) is 15.4. The van der Waals surface area contributed by atoms with Gasteiger partial charge in [-0.05, 0) is 45.2 Å². The van der Waals surface area contributed by atoms with Crippen LogP contribution >= 0.6 is 0 Å². The van der Waals surface area contributed by atoms with Crippen LogP contribution in [0.4, 0.5) is 0 Å². The van der Waals surface area contributed by atoms with E-state index in [2.05, 4.69) is 29.3 Å². The summed E-state index contributed by atoms with van der Waals surface area (Å²) in [6, 6.07) is 9.78. The molecule has 1 aliphatic rings. The molecule has 1 fully saturated rings. The smallest absolute Gasteiger partial charge is 0.281 e. The minimum atomic E-state index is -0.354. The molecule has 3 aromatic rings. The van der Waals surface area contributed by atoms with Crippen molar-refractivity contribution < 1.29 is 4.79 Å². The van der Waals surface area contributed by atoms with Crippen LogP contribution < -0.4 is 5.56 Å². The van der Waals surface area contributed by atoms with Gasteiger partial charge in [0.1, 0.15) is 11.9 Å². The fourth-order valence-electron chi connectivity index (χ4n) is 3.85.